The lowest BCUT2D eigenvalue weighted by Crippen LogP contribution is -2.26. The van der Waals surface area contributed by atoms with Crippen molar-refractivity contribution >= 4 is 27.0 Å². The maximum Gasteiger partial charge on any atom is 0.139 e. The predicted molar refractivity (Wildman–Crippen MR) is 66.0 cm³/mol. The molecule has 2 aromatic heterocycles. The number of pyridine rings is 1. The van der Waals surface area contributed by atoms with E-state index in [0.717, 1.165) is 16.7 Å². The molecule has 0 aromatic carbocycles. The minimum absolute atomic E-state index is 0.450. The van der Waals surface area contributed by atoms with Gasteiger partial charge >= 0.3 is 0 Å². The summed E-state index contributed by atoms with van der Waals surface area (Å²) in [5.74, 6) is 0. The molecule has 0 aliphatic carbocycles. The van der Waals surface area contributed by atoms with Crippen LogP contribution < -0.4 is 5.32 Å². The molecule has 0 saturated carbocycles. The lowest BCUT2D eigenvalue weighted by Gasteiger charge is -2.11. The van der Waals surface area contributed by atoms with E-state index < -0.39 is 0 Å². The van der Waals surface area contributed by atoms with Crippen molar-refractivity contribution in [3.05, 3.63) is 29.0 Å². The Bertz CT molecular complexity index is 464. The van der Waals surface area contributed by atoms with Gasteiger partial charge in [0.05, 0.1) is 0 Å². The third-order valence-corrected chi connectivity index (χ3v) is 2.96. The molecule has 1 N–H and O–H groups in total. The summed E-state index contributed by atoms with van der Waals surface area (Å²) in [6.45, 7) is 3.10. The number of fused-ring (bicyclic) bond motifs is 1. The van der Waals surface area contributed by atoms with Crippen LogP contribution in [0.1, 0.15) is 6.92 Å². The van der Waals surface area contributed by atoms with Gasteiger partial charge in [-0.3, -0.25) is 0 Å². The first-order valence-corrected chi connectivity index (χ1v) is 5.77. The number of hydrogen-bond acceptors (Lipinski definition) is 2. The number of aromatic nitrogens is 2. The van der Waals surface area contributed by atoms with Crippen molar-refractivity contribution in [1.82, 2.24) is 14.9 Å². The summed E-state index contributed by atoms with van der Waals surface area (Å²) in [7, 11) is 1.97. The predicted octanol–water partition coefficient (Wildman–Crippen LogP) is 2.41. The van der Waals surface area contributed by atoms with Crippen molar-refractivity contribution in [2.45, 2.75) is 19.5 Å². The highest BCUT2D eigenvalue weighted by Crippen LogP contribution is 2.18. The Hall–Kier alpha value is -0.870. The molecule has 0 aliphatic heterocycles. The largest absolute Gasteiger partial charge is 0.331 e. The number of nitrogens with zero attached hydrogens (tertiary/aromatic N) is 2. The van der Waals surface area contributed by atoms with Gasteiger partial charge < -0.3 is 9.88 Å². The maximum atomic E-state index is 4.42. The van der Waals surface area contributed by atoms with Crippen molar-refractivity contribution in [3.8, 4) is 0 Å². The van der Waals surface area contributed by atoms with Crippen molar-refractivity contribution in [2.75, 3.05) is 7.05 Å². The zero-order valence-electron chi connectivity index (χ0n) is 8.87. The number of nitrogens with one attached hydrogen (secondary N) is 1. The normalized spacial score (nSPS) is 13.3. The van der Waals surface area contributed by atoms with Crippen molar-refractivity contribution in [1.29, 1.82) is 0 Å². The van der Waals surface area contributed by atoms with Gasteiger partial charge in [-0.1, -0.05) is 0 Å². The van der Waals surface area contributed by atoms with Gasteiger partial charge in [0.2, 0.25) is 0 Å². The van der Waals surface area contributed by atoms with E-state index in [9.17, 15) is 0 Å². The Kier molecular flexibility index (Phi) is 3.07. The van der Waals surface area contributed by atoms with Gasteiger partial charge in [-0.2, -0.15) is 0 Å². The highest BCUT2D eigenvalue weighted by atomic mass is 79.9. The van der Waals surface area contributed by atoms with Gasteiger partial charge in [0.15, 0.2) is 0 Å². The monoisotopic (exact) mass is 267 g/mol. The van der Waals surface area contributed by atoms with E-state index in [1.54, 1.807) is 0 Å². The lowest BCUT2D eigenvalue weighted by molar-refractivity contribution is 0.523. The minimum Gasteiger partial charge on any atom is -0.331 e. The van der Waals surface area contributed by atoms with Crippen LogP contribution in [-0.4, -0.2) is 22.6 Å². The third-order valence-electron chi connectivity index (χ3n) is 2.53. The minimum atomic E-state index is 0.450. The molecule has 2 heterocycles. The smallest absolute Gasteiger partial charge is 0.139 e. The summed E-state index contributed by atoms with van der Waals surface area (Å²) in [6, 6.07) is 4.63. The fraction of sp³-hybridized carbons (Fsp3) is 0.364. The van der Waals surface area contributed by atoms with E-state index in [-0.39, 0.29) is 0 Å². The molecule has 1 unspecified atom stereocenters. The van der Waals surface area contributed by atoms with Crippen LogP contribution in [0, 0.1) is 0 Å². The molecular weight excluding hydrogens is 254 g/mol. The molecule has 2 rings (SSSR count). The highest BCUT2D eigenvalue weighted by molar-refractivity contribution is 9.10. The second-order valence-corrected chi connectivity index (χ2v) is 4.64. The second kappa shape index (κ2) is 4.33. The first kappa shape index (κ1) is 10.6. The van der Waals surface area contributed by atoms with Gasteiger partial charge in [0.25, 0.3) is 0 Å². The molecule has 2 aromatic rings. The Morgan fingerprint density at radius 1 is 1.60 bits per heavy atom. The van der Waals surface area contributed by atoms with E-state index >= 15 is 0 Å². The first-order valence-electron chi connectivity index (χ1n) is 4.98. The quantitative estimate of drug-likeness (QED) is 0.926. The van der Waals surface area contributed by atoms with Crippen LogP contribution in [0.25, 0.3) is 11.0 Å². The fourth-order valence-corrected chi connectivity index (χ4v) is 1.93. The van der Waals surface area contributed by atoms with Crippen LogP contribution >= 0.6 is 15.9 Å². The van der Waals surface area contributed by atoms with Crippen molar-refractivity contribution < 1.29 is 0 Å². The van der Waals surface area contributed by atoms with Crippen LogP contribution in [0.15, 0.2) is 29.0 Å². The molecule has 0 bridgehead atoms. The van der Waals surface area contributed by atoms with Crippen LogP contribution in [-0.2, 0) is 6.54 Å². The van der Waals surface area contributed by atoms with Gasteiger partial charge in [-0.05, 0) is 42.0 Å². The molecule has 0 spiro atoms. The van der Waals surface area contributed by atoms with Gasteiger partial charge in [0, 0.05) is 34.8 Å². The summed E-state index contributed by atoms with van der Waals surface area (Å²) < 4.78 is 3.19. The average molecular weight is 268 g/mol. The van der Waals surface area contributed by atoms with E-state index in [2.05, 4.69) is 56.1 Å². The zero-order chi connectivity index (χ0) is 10.8. The lowest BCUT2D eigenvalue weighted by atomic mass is 10.3. The van der Waals surface area contributed by atoms with Gasteiger partial charge in [0.1, 0.15) is 5.65 Å². The van der Waals surface area contributed by atoms with Crippen molar-refractivity contribution in [3.63, 3.8) is 0 Å². The Balaban J connectivity index is 2.36. The van der Waals surface area contributed by atoms with E-state index in [4.69, 9.17) is 0 Å². The topological polar surface area (TPSA) is 29.9 Å². The number of likely N-dealkylation sites (N-methyl/N-ethyl adjacent to an activating group) is 1. The molecule has 0 saturated heterocycles. The molecule has 4 heteroatoms. The van der Waals surface area contributed by atoms with Gasteiger partial charge in [-0.25, -0.2) is 4.98 Å². The number of rotatable bonds is 3. The van der Waals surface area contributed by atoms with E-state index in [0.29, 0.717) is 6.04 Å². The number of hydrogen-bond donors (Lipinski definition) is 1. The molecule has 1 atom stereocenters. The Labute approximate surface area is 97.6 Å². The summed E-state index contributed by atoms with van der Waals surface area (Å²) in [4.78, 5) is 4.42. The van der Waals surface area contributed by atoms with Crippen molar-refractivity contribution in [2.24, 2.45) is 0 Å². The molecule has 15 heavy (non-hydrogen) atoms. The molecular formula is C11H14BrN3. The Morgan fingerprint density at radius 2 is 2.40 bits per heavy atom. The average Bonchev–Trinajstić information content (AvgIpc) is 2.60. The van der Waals surface area contributed by atoms with E-state index in [1.807, 2.05) is 13.2 Å². The second-order valence-electron chi connectivity index (χ2n) is 3.72. The summed E-state index contributed by atoms with van der Waals surface area (Å²) in [6.07, 6.45) is 3.92. The third kappa shape index (κ3) is 2.21. The van der Waals surface area contributed by atoms with Gasteiger partial charge in [-0.15, -0.1) is 0 Å². The van der Waals surface area contributed by atoms with E-state index in [1.165, 1.54) is 5.39 Å². The molecule has 0 amide bonds. The molecule has 0 aliphatic rings. The standard InChI is InChI=1S/C11H14BrN3/c1-8(13-2)7-15-4-3-9-5-10(12)6-14-11(9)15/h3-6,8,13H,7H2,1-2H3. The van der Waals surface area contributed by atoms with Crippen LogP contribution in [0.5, 0.6) is 0 Å². The number of halogens is 1. The zero-order valence-corrected chi connectivity index (χ0v) is 10.5. The molecule has 80 valence electrons. The molecule has 0 radical (unpaired) electrons. The summed E-state index contributed by atoms with van der Waals surface area (Å²) >= 11 is 3.42. The van der Waals surface area contributed by atoms with Crippen LogP contribution in [0.4, 0.5) is 0 Å². The first-order chi connectivity index (χ1) is 7.20. The van der Waals surface area contributed by atoms with Crippen LogP contribution in [0.2, 0.25) is 0 Å². The highest BCUT2D eigenvalue weighted by Gasteiger charge is 2.05. The summed E-state index contributed by atoms with van der Waals surface area (Å²) in [5.41, 5.74) is 1.04. The molecule has 3 nitrogen and oxygen atoms in total. The maximum absolute atomic E-state index is 4.42. The Morgan fingerprint density at radius 3 is 3.13 bits per heavy atom. The summed E-state index contributed by atoms with van der Waals surface area (Å²) in [5, 5.41) is 4.40. The SMILES string of the molecule is CNC(C)Cn1ccc2cc(Br)cnc21. The molecule has 0 fully saturated rings. The van der Waals surface area contributed by atoms with Crippen LogP contribution in [0.3, 0.4) is 0 Å². The fourth-order valence-electron chi connectivity index (χ4n) is 1.58.